The fourth-order valence-corrected chi connectivity index (χ4v) is 4.54. The van der Waals surface area contributed by atoms with Crippen LogP contribution in [-0.4, -0.2) is 68.2 Å². The molecule has 3 aliphatic heterocycles. The van der Waals surface area contributed by atoms with E-state index < -0.39 is 0 Å². The SMILES string of the molecule is O=C1C[C@@H]([NH+]2CC[NH+](C[C@H]3CCCO3)CC2)C(=O)N1Cc1ccccc1. The second-order valence-electron chi connectivity index (χ2n) is 7.81. The highest BCUT2D eigenvalue weighted by atomic mass is 16.5. The molecule has 2 N–H and O–H groups in total. The molecule has 1 aromatic carbocycles. The first-order valence-corrected chi connectivity index (χ1v) is 9.88. The Morgan fingerprint density at radius 3 is 2.54 bits per heavy atom. The van der Waals surface area contributed by atoms with Crippen LogP contribution in [0.4, 0.5) is 0 Å². The van der Waals surface area contributed by atoms with Crippen LogP contribution in [0.3, 0.4) is 0 Å². The molecule has 2 atom stereocenters. The molecule has 0 bridgehead atoms. The van der Waals surface area contributed by atoms with E-state index in [1.54, 1.807) is 4.90 Å². The molecule has 0 spiro atoms. The van der Waals surface area contributed by atoms with Gasteiger partial charge in [0, 0.05) is 6.61 Å². The third-order valence-electron chi connectivity index (χ3n) is 6.06. The highest BCUT2D eigenvalue weighted by Crippen LogP contribution is 2.15. The molecule has 0 aliphatic carbocycles. The summed E-state index contributed by atoms with van der Waals surface area (Å²) in [6, 6.07) is 9.58. The first-order chi connectivity index (χ1) is 12.7. The summed E-state index contributed by atoms with van der Waals surface area (Å²) >= 11 is 0. The highest BCUT2D eigenvalue weighted by Gasteiger charge is 2.46. The summed E-state index contributed by atoms with van der Waals surface area (Å²) in [5.74, 6) is -0.0121. The second kappa shape index (κ2) is 7.86. The number of rotatable bonds is 5. The first kappa shape index (κ1) is 17.6. The van der Waals surface area contributed by atoms with Gasteiger partial charge in [-0.3, -0.25) is 14.5 Å². The number of carbonyl (C=O) groups excluding carboxylic acids is 2. The molecule has 3 aliphatic rings. The zero-order valence-corrected chi connectivity index (χ0v) is 15.3. The molecule has 0 radical (unpaired) electrons. The van der Waals surface area contributed by atoms with Crippen LogP contribution in [0.1, 0.15) is 24.8 Å². The molecule has 2 amide bonds. The van der Waals surface area contributed by atoms with Gasteiger partial charge in [-0.2, -0.15) is 0 Å². The predicted octanol–water partition coefficient (Wildman–Crippen LogP) is -1.72. The zero-order valence-electron chi connectivity index (χ0n) is 15.3. The standard InChI is InChI=1S/C20H27N3O3/c24-19-13-18(20(25)23(19)14-16-5-2-1-3-6-16)22-10-8-21(9-11-22)15-17-7-4-12-26-17/h1-3,5-6,17-18H,4,7-15H2/p+2/t17-,18-/m1/s1. The average molecular weight is 359 g/mol. The lowest BCUT2D eigenvalue weighted by Crippen LogP contribution is -3.30. The molecule has 3 fully saturated rings. The van der Waals surface area contributed by atoms with Crippen LogP contribution in [0.2, 0.25) is 0 Å². The van der Waals surface area contributed by atoms with Crippen molar-refractivity contribution in [2.75, 3.05) is 39.3 Å². The van der Waals surface area contributed by atoms with Crippen molar-refractivity contribution in [3.8, 4) is 0 Å². The van der Waals surface area contributed by atoms with Crippen molar-refractivity contribution >= 4 is 11.8 Å². The number of piperazine rings is 1. The number of amides is 2. The van der Waals surface area contributed by atoms with Gasteiger partial charge >= 0.3 is 0 Å². The second-order valence-corrected chi connectivity index (χ2v) is 7.81. The normalized spacial score (nSPS) is 32.4. The maximum Gasteiger partial charge on any atom is 0.288 e. The Hall–Kier alpha value is -1.76. The third-order valence-corrected chi connectivity index (χ3v) is 6.06. The lowest BCUT2D eigenvalue weighted by molar-refractivity contribution is -1.02. The van der Waals surface area contributed by atoms with E-state index in [4.69, 9.17) is 4.74 Å². The Labute approximate surface area is 154 Å². The van der Waals surface area contributed by atoms with Crippen molar-refractivity contribution in [2.24, 2.45) is 0 Å². The number of hydrogen-bond acceptors (Lipinski definition) is 3. The first-order valence-electron chi connectivity index (χ1n) is 9.88. The quantitative estimate of drug-likeness (QED) is 0.615. The van der Waals surface area contributed by atoms with E-state index in [0.717, 1.165) is 44.9 Å². The Bertz CT molecular complexity index is 637. The number of nitrogens with zero attached hydrogens (tertiary/aromatic N) is 1. The van der Waals surface area contributed by atoms with E-state index in [-0.39, 0.29) is 17.9 Å². The van der Waals surface area contributed by atoms with Gasteiger partial charge in [0.15, 0.2) is 6.04 Å². The van der Waals surface area contributed by atoms with Gasteiger partial charge in [-0.25, -0.2) is 0 Å². The molecule has 4 rings (SSSR count). The van der Waals surface area contributed by atoms with Gasteiger partial charge < -0.3 is 14.5 Å². The summed E-state index contributed by atoms with van der Waals surface area (Å²) < 4.78 is 5.75. The molecule has 0 saturated carbocycles. The van der Waals surface area contributed by atoms with Gasteiger partial charge in [0.2, 0.25) is 5.91 Å². The topological polar surface area (TPSA) is 55.5 Å². The number of likely N-dealkylation sites (tertiary alicyclic amines) is 1. The predicted molar refractivity (Wildman–Crippen MR) is 95.6 cm³/mol. The number of imide groups is 1. The number of carbonyl (C=O) groups is 2. The number of ether oxygens (including phenoxy) is 1. The van der Waals surface area contributed by atoms with Crippen molar-refractivity contribution in [3.63, 3.8) is 0 Å². The van der Waals surface area contributed by atoms with Crippen LogP contribution >= 0.6 is 0 Å². The number of quaternary nitrogens is 2. The third kappa shape index (κ3) is 3.82. The van der Waals surface area contributed by atoms with Crippen molar-refractivity contribution in [1.29, 1.82) is 0 Å². The van der Waals surface area contributed by atoms with Crippen LogP contribution in [-0.2, 0) is 20.9 Å². The van der Waals surface area contributed by atoms with Crippen LogP contribution in [0.5, 0.6) is 0 Å². The van der Waals surface area contributed by atoms with E-state index in [2.05, 4.69) is 0 Å². The number of benzene rings is 1. The molecule has 3 heterocycles. The van der Waals surface area contributed by atoms with E-state index in [1.165, 1.54) is 22.6 Å². The minimum Gasteiger partial charge on any atom is -0.372 e. The molecule has 6 nitrogen and oxygen atoms in total. The van der Waals surface area contributed by atoms with Crippen molar-refractivity contribution in [2.45, 2.75) is 38.0 Å². The minimum absolute atomic E-state index is 0.0106. The number of nitrogens with one attached hydrogen (secondary N) is 2. The van der Waals surface area contributed by atoms with Crippen molar-refractivity contribution in [3.05, 3.63) is 35.9 Å². The monoisotopic (exact) mass is 359 g/mol. The summed E-state index contributed by atoms with van der Waals surface area (Å²) in [5, 5.41) is 0. The maximum absolute atomic E-state index is 12.8. The Kier molecular flexibility index (Phi) is 5.33. The van der Waals surface area contributed by atoms with Gasteiger partial charge in [0.25, 0.3) is 5.91 Å². The van der Waals surface area contributed by atoms with Crippen LogP contribution in [0.25, 0.3) is 0 Å². The Morgan fingerprint density at radius 2 is 1.85 bits per heavy atom. The fourth-order valence-electron chi connectivity index (χ4n) is 4.54. The van der Waals surface area contributed by atoms with Crippen LogP contribution < -0.4 is 9.80 Å². The molecule has 1 aromatic rings. The highest BCUT2D eigenvalue weighted by molar-refractivity contribution is 6.04. The lowest BCUT2D eigenvalue weighted by atomic mass is 10.1. The summed E-state index contributed by atoms with van der Waals surface area (Å²) in [5.41, 5.74) is 1.01. The molecule has 26 heavy (non-hydrogen) atoms. The summed E-state index contributed by atoms with van der Waals surface area (Å²) in [6.45, 7) is 6.45. The lowest BCUT2D eigenvalue weighted by Gasteiger charge is -2.33. The average Bonchev–Trinajstić information content (AvgIpc) is 3.27. The molecule has 0 aromatic heterocycles. The molecular weight excluding hydrogens is 330 g/mol. The van der Waals surface area contributed by atoms with Crippen LogP contribution in [0, 0.1) is 0 Å². The van der Waals surface area contributed by atoms with Gasteiger partial charge in [-0.05, 0) is 18.4 Å². The number of hydrogen-bond donors (Lipinski definition) is 2. The Balaban J connectivity index is 1.31. The van der Waals surface area contributed by atoms with E-state index in [1.807, 2.05) is 30.3 Å². The van der Waals surface area contributed by atoms with Gasteiger partial charge in [-0.15, -0.1) is 0 Å². The molecule has 6 heteroatoms. The summed E-state index contributed by atoms with van der Waals surface area (Å²) in [6.07, 6.45) is 3.15. The summed E-state index contributed by atoms with van der Waals surface area (Å²) in [7, 11) is 0. The summed E-state index contributed by atoms with van der Waals surface area (Å²) in [4.78, 5) is 29.6. The van der Waals surface area contributed by atoms with Gasteiger partial charge in [0.05, 0.1) is 13.0 Å². The van der Waals surface area contributed by atoms with Crippen molar-refractivity contribution < 1.29 is 24.1 Å². The largest absolute Gasteiger partial charge is 0.372 e. The molecule has 3 saturated heterocycles. The smallest absolute Gasteiger partial charge is 0.288 e. The molecule has 0 unspecified atom stereocenters. The molecular formula is C20H29N3O3+2. The maximum atomic E-state index is 12.8. The minimum atomic E-state index is -0.185. The van der Waals surface area contributed by atoms with Crippen LogP contribution in [0.15, 0.2) is 30.3 Å². The van der Waals surface area contributed by atoms with Crippen molar-refractivity contribution in [1.82, 2.24) is 4.90 Å². The fraction of sp³-hybridized carbons (Fsp3) is 0.600. The van der Waals surface area contributed by atoms with Gasteiger partial charge in [-0.1, -0.05) is 30.3 Å². The van der Waals surface area contributed by atoms with Gasteiger partial charge in [0.1, 0.15) is 38.8 Å². The Morgan fingerprint density at radius 1 is 1.08 bits per heavy atom. The molecule has 140 valence electrons. The zero-order chi connectivity index (χ0) is 17.9. The van der Waals surface area contributed by atoms with E-state index in [9.17, 15) is 9.59 Å². The van der Waals surface area contributed by atoms with E-state index >= 15 is 0 Å². The van der Waals surface area contributed by atoms with E-state index in [0.29, 0.717) is 19.1 Å².